The van der Waals surface area contributed by atoms with Crippen LogP contribution in [0, 0.1) is 0 Å². The molecule has 116 valence electrons. The van der Waals surface area contributed by atoms with Gasteiger partial charge in [0.2, 0.25) is 0 Å². The molecule has 3 nitrogen and oxygen atoms in total. The van der Waals surface area contributed by atoms with Gasteiger partial charge >= 0.3 is 0 Å². The highest BCUT2D eigenvalue weighted by molar-refractivity contribution is 9.10. The quantitative estimate of drug-likeness (QED) is 0.820. The molecule has 0 unspecified atom stereocenters. The number of halogens is 1. The molecule has 0 fully saturated rings. The van der Waals surface area contributed by atoms with E-state index >= 15 is 0 Å². The first-order valence-corrected chi connectivity index (χ1v) is 8.20. The monoisotopic (exact) mass is 361 g/mol. The highest BCUT2D eigenvalue weighted by Crippen LogP contribution is 2.36. The molecule has 0 bridgehead atoms. The molecule has 0 N–H and O–H groups in total. The first kappa shape index (κ1) is 15.5. The maximum Gasteiger partial charge on any atom is 0.151 e. The SMILES string of the molecule is CN(C)C[C@H]1OCc2ccccc2[C@@H]1Oc1ccccc1Br. The van der Waals surface area contributed by atoms with Crippen LogP contribution in [0.3, 0.4) is 0 Å². The van der Waals surface area contributed by atoms with Gasteiger partial charge in [0.15, 0.2) is 6.10 Å². The average molecular weight is 362 g/mol. The summed E-state index contributed by atoms with van der Waals surface area (Å²) < 4.78 is 13.3. The van der Waals surface area contributed by atoms with Gasteiger partial charge in [-0.25, -0.2) is 0 Å². The molecule has 0 saturated carbocycles. The minimum atomic E-state index is -0.106. The maximum absolute atomic E-state index is 6.33. The number of rotatable bonds is 4. The van der Waals surface area contributed by atoms with E-state index in [4.69, 9.17) is 9.47 Å². The van der Waals surface area contributed by atoms with Crippen LogP contribution in [0.4, 0.5) is 0 Å². The minimum absolute atomic E-state index is 0.0111. The van der Waals surface area contributed by atoms with Crippen molar-refractivity contribution in [3.05, 3.63) is 64.1 Å². The topological polar surface area (TPSA) is 21.7 Å². The van der Waals surface area contributed by atoms with Crippen LogP contribution < -0.4 is 4.74 Å². The van der Waals surface area contributed by atoms with E-state index in [1.54, 1.807) is 0 Å². The number of likely N-dealkylation sites (N-methyl/N-ethyl adjacent to an activating group) is 1. The van der Waals surface area contributed by atoms with Crippen LogP contribution in [0.25, 0.3) is 0 Å². The van der Waals surface area contributed by atoms with Crippen LogP contribution >= 0.6 is 15.9 Å². The molecular formula is C18H20BrNO2. The molecule has 2 aromatic rings. The zero-order valence-corrected chi connectivity index (χ0v) is 14.4. The minimum Gasteiger partial charge on any atom is -0.482 e. The third-order valence-corrected chi connectivity index (χ3v) is 4.44. The first-order chi connectivity index (χ1) is 10.6. The number of nitrogens with zero attached hydrogens (tertiary/aromatic N) is 1. The molecule has 1 heterocycles. The van der Waals surface area contributed by atoms with Crippen molar-refractivity contribution in [2.45, 2.75) is 18.8 Å². The second-order valence-electron chi connectivity index (χ2n) is 5.78. The van der Waals surface area contributed by atoms with Gasteiger partial charge in [0, 0.05) is 12.1 Å². The molecule has 2 atom stereocenters. The molecule has 0 aromatic heterocycles. The van der Waals surface area contributed by atoms with Crippen molar-refractivity contribution in [3.63, 3.8) is 0 Å². The number of hydrogen-bond acceptors (Lipinski definition) is 3. The summed E-state index contributed by atoms with van der Waals surface area (Å²) in [6.45, 7) is 1.47. The summed E-state index contributed by atoms with van der Waals surface area (Å²) >= 11 is 3.56. The van der Waals surface area contributed by atoms with E-state index in [0.717, 1.165) is 16.8 Å². The fourth-order valence-corrected chi connectivity index (χ4v) is 3.13. The fraction of sp³-hybridized carbons (Fsp3) is 0.333. The second-order valence-corrected chi connectivity index (χ2v) is 6.63. The average Bonchev–Trinajstić information content (AvgIpc) is 2.51. The third kappa shape index (κ3) is 3.35. The van der Waals surface area contributed by atoms with Crippen molar-refractivity contribution in [2.24, 2.45) is 0 Å². The molecule has 0 aliphatic carbocycles. The Morgan fingerprint density at radius 2 is 1.86 bits per heavy atom. The van der Waals surface area contributed by atoms with Crippen LogP contribution in [-0.2, 0) is 11.3 Å². The Kier molecular flexibility index (Phi) is 4.81. The number of ether oxygens (including phenoxy) is 2. The van der Waals surface area contributed by atoms with Crippen molar-refractivity contribution in [1.29, 1.82) is 0 Å². The molecule has 1 aliphatic rings. The summed E-state index contributed by atoms with van der Waals surface area (Å²) in [6, 6.07) is 16.3. The lowest BCUT2D eigenvalue weighted by Crippen LogP contribution is -2.39. The summed E-state index contributed by atoms with van der Waals surface area (Å²) in [5.74, 6) is 0.844. The van der Waals surface area contributed by atoms with Crippen molar-refractivity contribution in [1.82, 2.24) is 4.90 Å². The maximum atomic E-state index is 6.33. The molecule has 2 aromatic carbocycles. The number of hydrogen-bond donors (Lipinski definition) is 0. The lowest BCUT2D eigenvalue weighted by atomic mass is 9.95. The van der Waals surface area contributed by atoms with E-state index in [0.29, 0.717) is 6.61 Å². The first-order valence-electron chi connectivity index (χ1n) is 7.40. The van der Waals surface area contributed by atoms with Gasteiger partial charge in [-0.2, -0.15) is 0 Å². The smallest absolute Gasteiger partial charge is 0.151 e. The van der Waals surface area contributed by atoms with Crippen LogP contribution in [0.2, 0.25) is 0 Å². The number of benzene rings is 2. The third-order valence-electron chi connectivity index (χ3n) is 3.79. The van der Waals surface area contributed by atoms with Gasteiger partial charge in [-0.3, -0.25) is 0 Å². The standard InChI is InChI=1S/C18H20BrNO2/c1-20(2)11-17-18(22-16-10-6-5-9-15(16)19)14-8-4-3-7-13(14)12-21-17/h3-10,17-18H,11-12H2,1-2H3/t17-,18+/m1/s1. The Balaban J connectivity index is 1.93. The van der Waals surface area contributed by atoms with Crippen LogP contribution in [0.15, 0.2) is 53.0 Å². The molecule has 0 spiro atoms. The largest absolute Gasteiger partial charge is 0.482 e. The Labute approximate surface area is 140 Å². The molecule has 4 heteroatoms. The predicted molar refractivity (Wildman–Crippen MR) is 91.1 cm³/mol. The summed E-state index contributed by atoms with van der Waals surface area (Å²) in [6.07, 6.45) is -0.0944. The van der Waals surface area contributed by atoms with Gasteiger partial charge in [-0.1, -0.05) is 36.4 Å². The molecule has 0 radical (unpaired) electrons. The summed E-state index contributed by atoms with van der Waals surface area (Å²) in [4.78, 5) is 2.13. The Hall–Kier alpha value is -1.36. The highest BCUT2D eigenvalue weighted by atomic mass is 79.9. The fourth-order valence-electron chi connectivity index (χ4n) is 2.75. The molecule has 22 heavy (non-hydrogen) atoms. The molecule has 0 saturated heterocycles. The van der Waals surface area contributed by atoms with Gasteiger partial charge in [-0.05, 0) is 47.7 Å². The van der Waals surface area contributed by atoms with Gasteiger partial charge in [0.25, 0.3) is 0 Å². The van der Waals surface area contributed by atoms with Crippen LogP contribution in [-0.4, -0.2) is 31.6 Å². The van der Waals surface area contributed by atoms with E-state index in [9.17, 15) is 0 Å². The van der Waals surface area contributed by atoms with Crippen molar-refractivity contribution < 1.29 is 9.47 Å². The van der Waals surface area contributed by atoms with Crippen LogP contribution in [0.1, 0.15) is 17.2 Å². The van der Waals surface area contributed by atoms with E-state index in [2.05, 4.69) is 53.1 Å². The Bertz CT molecular complexity index is 644. The second kappa shape index (κ2) is 6.82. The molecule has 3 rings (SSSR count). The lowest BCUT2D eigenvalue weighted by Gasteiger charge is -2.35. The summed E-state index contributed by atoms with van der Waals surface area (Å²) in [5.41, 5.74) is 2.42. The Morgan fingerprint density at radius 3 is 2.64 bits per heavy atom. The zero-order chi connectivity index (χ0) is 15.5. The molecule has 1 aliphatic heterocycles. The van der Waals surface area contributed by atoms with Crippen molar-refractivity contribution >= 4 is 15.9 Å². The Morgan fingerprint density at radius 1 is 1.14 bits per heavy atom. The van der Waals surface area contributed by atoms with Crippen molar-refractivity contribution in [2.75, 3.05) is 20.6 Å². The van der Waals surface area contributed by atoms with E-state index in [1.807, 2.05) is 30.3 Å². The summed E-state index contributed by atoms with van der Waals surface area (Å²) in [5, 5.41) is 0. The van der Waals surface area contributed by atoms with Gasteiger partial charge in [0.05, 0.1) is 11.1 Å². The van der Waals surface area contributed by atoms with E-state index < -0.39 is 0 Å². The predicted octanol–water partition coefficient (Wildman–Crippen LogP) is 4.03. The van der Waals surface area contributed by atoms with Crippen LogP contribution in [0.5, 0.6) is 5.75 Å². The molecule has 0 amide bonds. The number of fused-ring (bicyclic) bond motifs is 1. The van der Waals surface area contributed by atoms with Crippen molar-refractivity contribution in [3.8, 4) is 5.75 Å². The lowest BCUT2D eigenvalue weighted by molar-refractivity contribution is -0.0619. The van der Waals surface area contributed by atoms with E-state index in [1.165, 1.54) is 11.1 Å². The zero-order valence-electron chi connectivity index (χ0n) is 12.8. The van der Waals surface area contributed by atoms with Gasteiger partial charge < -0.3 is 14.4 Å². The molecular weight excluding hydrogens is 342 g/mol. The van der Waals surface area contributed by atoms with E-state index in [-0.39, 0.29) is 12.2 Å². The highest BCUT2D eigenvalue weighted by Gasteiger charge is 2.32. The van der Waals surface area contributed by atoms with Gasteiger partial charge in [0.1, 0.15) is 11.9 Å². The van der Waals surface area contributed by atoms with Gasteiger partial charge in [-0.15, -0.1) is 0 Å². The normalized spacial score (nSPS) is 20.7. The number of para-hydroxylation sites is 1. The summed E-state index contributed by atoms with van der Waals surface area (Å²) in [7, 11) is 4.11.